The van der Waals surface area contributed by atoms with Crippen molar-refractivity contribution in [1.82, 2.24) is 9.97 Å². The predicted molar refractivity (Wildman–Crippen MR) is 80.0 cm³/mol. The van der Waals surface area contributed by atoms with Gasteiger partial charge in [0.15, 0.2) is 0 Å². The minimum absolute atomic E-state index is 0.475. The van der Waals surface area contributed by atoms with Gasteiger partial charge in [0.25, 0.3) is 0 Å². The van der Waals surface area contributed by atoms with E-state index in [0.29, 0.717) is 10.6 Å². The van der Waals surface area contributed by atoms with Crippen LogP contribution in [-0.4, -0.2) is 9.97 Å². The van der Waals surface area contributed by atoms with E-state index in [1.54, 1.807) is 0 Å². The average Bonchev–Trinajstić information content (AvgIpc) is 2.46. The summed E-state index contributed by atoms with van der Waals surface area (Å²) in [4.78, 5) is 8.00. The molecule has 1 heterocycles. The van der Waals surface area contributed by atoms with Gasteiger partial charge in [-0.15, -0.1) is 0 Å². The van der Waals surface area contributed by atoms with Gasteiger partial charge >= 0.3 is 0 Å². The van der Waals surface area contributed by atoms with Crippen molar-refractivity contribution in [2.75, 3.05) is 0 Å². The number of benzene rings is 1. The summed E-state index contributed by atoms with van der Waals surface area (Å²) < 4.78 is 0.712. The number of aryl methyl sites for hydroxylation is 2. The number of H-pyrrole nitrogens is 1. The van der Waals surface area contributed by atoms with Gasteiger partial charge in [-0.1, -0.05) is 43.4 Å². The van der Waals surface area contributed by atoms with E-state index in [-0.39, 0.29) is 0 Å². The largest absolute Gasteiger partial charge is 0.347 e. The highest BCUT2D eigenvalue weighted by Gasteiger charge is 2.21. The van der Waals surface area contributed by atoms with Gasteiger partial charge in [-0.05, 0) is 42.9 Å². The summed E-state index contributed by atoms with van der Waals surface area (Å²) in [5, 5.41) is 0. The minimum Gasteiger partial charge on any atom is -0.347 e. The third-order valence-corrected chi connectivity index (χ3v) is 4.14. The van der Waals surface area contributed by atoms with Gasteiger partial charge in [-0.3, -0.25) is 0 Å². The fraction of sp³-hybridized carbons (Fsp3) is 0.375. The summed E-state index contributed by atoms with van der Waals surface area (Å²) in [5.74, 6) is 1.54. The Balaban J connectivity index is 1.93. The van der Waals surface area contributed by atoms with Crippen LogP contribution in [0.1, 0.15) is 41.9 Å². The first kappa shape index (κ1) is 12.5. The fourth-order valence-corrected chi connectivity index (χ4v) is 3.08. The van der Waals surface area contributed by atoms with Gasteiger partial charge < -0.3 is 4.98 Å². The molecule has 0 radical (unpaired) electrons. The van der Waals surface area contributed by atoms with Crippen LogP contribution in [0.4, 0.5) is 0 Å². The van der Waals surface area contributed by atoms with Crippen molar-refractivity contribution in [3.8, 4) is 0 Å². The number of aromatic nitrogens is 2. The Hall–Kier alpha value is -1.48. The SMILES string of the molecule is CCc1cc(=S)nc(C2CCc3ccccc3C2)[nH]1. The number of hydrogen-bond acceptors (Lipinski definition) is 2. The molecule has 3 rings (SSSR count). The Bertz CT molecular complexity index is 645. The van der Waals surface area contributed by atoms with Crippen LogP contribution in [0.3, 0.4) is 0 Å². The predicted octanol–water partition coefficient (Wildman–Crippen LogP) is 3.97. The summed E-state index contributed by atoms with van der Waals surface area (Å²) in [6, 6.07) is 10.7. The quantitative estimate of drug-likeness (QED) is 0.836. The molecule has 0 aliphatic heterocycles. The Morgan fingerprint density at radius 1 is 1.32 bits per heavy atom. The van der Waals surface area contributed by atoms with E-state index >= 15 is 0 Å². The van der Waals surface area contributed by atoms with Gasteiger partial charge in [-0.2, -0.15) is 0 Å². The fourth-order valence-electron chi connectivity index (χ4n) is 2.84. The monoisotopic (exact) mass is 270 g/mol. The summed E-state index contributed by atoms with van der Waals surface area (Å²) in [6.07, 6.45) is 4.34. The first-order valence-corrected chi connectivity index (χ1v) is 7.34. The second kappa shape index (κ2) is 5.25. The van der Waals surface area contributed by atoms with Crippen molar-refractivity contribution in [3.05, 3.63) is 57.6 Å². The Kier molecular flexibility index (Phi) is 3.47. The summed E-state index contributed by atoms with van der Waals surface area (Å²) in [7, 11) is 0. The molecule has 0 amide bonds. The highest BCUT2D eigenvalue weighted by Crippen LogP contribution is 2.30. The van der Waals surface area contributed by atoms with Gasteiger partial charge in [0.1, 0.15) is 10.5 Å². The Morgan fingerprint density at radius 2 is 2.11 bits per heavy atom. The Morgan fingerprint density at radius 3 is 2.89 bits per heavy atom. The molecule has 0 fully saturated rings. The lowest BCUT2D eigenvalue weighted by Gasteiger charge is -2.24. The van der Waals surface area contributed by atoms with Gasteiger partial charge in [0, 0.05) is 11.6 Å². The van der Waals surface area contributed by atoms with Crippen LogP contribution in [0.15, 0.2) is 30.3 Å². The molecule has 0 saturated carbocycles. The molecule has 2 nitrogen and oxygen atoms in total. The smallest absolute Gasteiger partial charge is 0.129 e. The molecule has 1 aromatic heterocycles. The van der Waals surface area contributed by atoms with E-state index in [2.05, 4.69) is 41.2 Å². The number of nitrogens with one attached hydrogen (secondary N) is 1. The lowest BCUT2D eigenvalue weighted by molar-refractivity contribution is 0.551. The van der Waals surface area contributed by atoms with Gasteiger partial charge in [0.2, 0.25) is 0 Å². The highest BCUT2D eigenvalue weighted by molar-refractivity contribution is 7.71. The average molecular weight is 270 g/mol. The van der Waals surface area contributed by atoms with Crippen molar-refractivity contribution in [3.63, 3.8) is 0 Å². The molecule has 0 saturated heterocycles. The topological polar surface area (TPSA) is 28.7 Å². The molecule has 19 heavy (non-hydrogen) atoms. The van der Waals surface area contributed by atoms with Crippen LogP contribution in [0.25, 0.3) is 0 Å². The summed E-state index contributed by atoms with van der Waals surface area (Å²) in [6.45, 7) is 2.14. The van der Waals surface area contributed by atoms with Gasteiger partial charge in [0.05, 0.1) is 0 Å². The number of fused-ring (bicyclic) bond motifs is 1. The van der Waals surface area contributed by atoms with Crippen molar-refractivity contribution in [1.29, 1.82) is 0 Å². The molecule has 0 spiro atoms. The molecular weight excluding hydrogens is 252 g/mol. The molecular formula is C16H18N2S. The van der Waals surface area contributed by atoms with E-state index in [9.17, 15) is 0 Å². The van der Waals surface area contributed by atoms with E-state index < -0.39 is 0 Å². The molecule has 3 heteroatoms. The molecule has 1 atom stereocenters. The van der Waals surface area contributed by atoms with Crippen molar-refractivity contribution in [2.45, 2.75) is 38.5 Å². The normalized spacial score (nSPS) is 18.1. The maximum Gasteiger partial charge on any atom is 0.129 e. The molecule has 0 bridgehead atoms. The van der Waals surface area contributed by atoms with Crippen LogP contribution < -0.4 is 0 Å². The third kappa shape index (κ3) is 2.61. The molecule has 1 unspecified atom stereocenters. The number of nitrogens with zero attached hydrogens (tertiary/aromatic N) is 1. The second-order valence-electron chi connectivity index (χ2n) is 5.19. The van der Waals surface area contributed by atoms with Gasteiger partial charge in [-0.25, -0.2) is 4.98 Å². The maximum absolute atomic E-state index is 5.27. The second-order valence-corrected chi connectivity index (χ2v) is 5.61. The van der Waals surface area contributed by atoms with Crippen LogP contribution in [0.2, 0.25) is 0 Å². The highest BCUT2D eigenvalue weighted by atomic mass is 32.1. The number of aromatic amines is 1. The zero-order valence-corrected chi connectivity index (χ0v) is 12.0. The standard InChI is InChI=1S/C16H18N2S/c1-2-14-10-15(19)18-16(17-14)13-8-7-11-5-3-4-6-12(11)9-13/h3-6,10,13H,2,7-9H2,1H3,(H,17,18,19). The number of hydrogen-bond donors (Lipinski definition) is 1. The molecule has 1 aromatic carbocycles. The van der Waals surface area contributed by atoms with Crippen molar-refractivity contribution in [2.24, 2.45) is 0 Å². The molecule has 1 N–H and O–H groups in total. The van der Waals surface area contributed by atoms with E-state index in [4.69, 9.17) is 12.2 Å². The molecule has 1 aliphatic rings. The number of rotatable bonds is 2. The summed E-state index contributed by atoms with van der Waals surface area (Å²) >= 11 is 5.27. The maximum atomic E-state index is 5.27. The zero-order chi connectivity index (χ0) is 13.2. The van der Waals surface area contributed by atoms with Crippen LogP contribution in [-0.2, 0) is 19.3 Å². The van der Waals surface area contributed by atoms with Crippen LogP contribution in [0, 0.1) is 4.64 Å². The lowest BCUT2D eigenvalue weighted by Crippen LogP contribution is -2.15. The Labute approximate surface area is 118 Å². The molecule has 1 aliphatic carbocycles. The van der Waals surface area contributed by atoms with E-state index in [0.717, 1.165) is 31.5 Å². The first-order valence-electron chi connectivity index (χ1n) is 6.93. The van der Waals surface area contributed by atoms with Crippen LogP contribution >= 0.6 is 12.2 Å². The third-order valence-electron chi connectivity index (χ3n) is 3.93. The first-order chi connectivity index (χ1) is 9.26. The van der Waals surface area contributed by atoms with Crippen molar-refractivity contribution >= 4 is 12.2 Å². The molecule has 98 valence electrons. The van der Waals surface area contributed by atoms with Crippen LogP contribution in [0.5, 0.6) is 0 Å². The summed E-state index contributed by atoms with van der Waals surface area (Å²) in [5.41, 5.74) is 4.14. The minimum atomic E-state index is 0.475. The van der Waals surface area contributed by atoms with Crippen molar-refractivity contribution < 1.29 is 0 Å². The van der Waals surface area contributed by atoms with E-state index in [1.807, 2.05) is 6.07 Å². The zero-order valence-electron chi connectivity index (χ0n) is 11.1. The van der Waals surface area contributed by atoms with E-state index in [1.165, 1.54) is 16.8 Å². The molecule has 2 aromatic rings. The lowest BCUT2D eigenvalue weighted by atomic mass is 9.83.